The molecule has 0 fully saturated rings. The summed E-state index contributed by atoms with van der Waals surface area (Å²) < 4.78 is 0.942. The molecule has 20 heavy (non-hydrogen) atoms. The van der Waals surface area contributed by atoms with Gasteiger partial charge in [-0.15, -0.1) is 0 Å². The van der Waals surface area contributed by atoms with E-state index in [9.17, 15) is 0 Å². The molecule has 0 aliphatic heterocycles. The molecule has 1 N–H and O–H groups in total. The number of anilines is 1. The van der Waals surface area contributed by atoms with Crippen LogP contribution >= 0.6 is 27.5 Å². The van der Waals surface area contributed by atoms with E-state index < -0.39 is 0 Å². The molecule has 0 amide bonds. The van der Waals surface area contributed by atoms with Gasteiger partial charge in [-0.3, -0.25) is 0 Å². The van der Waals surface area contributed by atoms with Crippen molar-refractivity contribution in [3.8, 4) is 0 Å². The largest absolute Gasteiger partial charge is 0.377 e. The molecule has 0 saturated carbocycles. The van der Waals surface area contributed by atoms with Gasteiger partial charge in [0.25, 0.3) is 0 Å². The summed E-state index contributed by atoms with van der Waals surface area (Å²) in [6, 6.07) is 15.0. The summed E-state index contributed by atoms with van der Waals surface area (Å²) in [7, 11) is 0. The molecule has 2 aromatic rings. The van der Waals surface area contributed by atoms with Crippen LogP contribution in [0.3, 0.4) is 0 Å². The molecule has 1 nitrogen and oxygen atoms in total. The van der Waals surface area contributed by atoms with Crippen LogP contribution in [-0.2, 0) is 0 Å². The smallest absolute Gasteiger partial charge is 0.0593 e. The van der Waals surface area contributed by atoms with Crippen LogP contribution in [0, 0.1) is 0 Å². The van der Waals surface area contributed by atoms with Crippen LogP contribution in [0.2, 0.25) is 5.02 Å². The number of hydrogen-bond donors (Lipinski definition) is 1. The minimum Gasteiger partial charge on any atom is -0.377 e. The van der Waals surface area contributed by atoms with E-state index in [1.165, 1.54) is 17.5 Å². The third-order valence-corrected chi connectivity index (χ3v) is 5.47. The Morgan fingerprint density at radius 3 is 2.60 bits per heavy atom. The molecule has 1 aliphatic carbocycles. The summed E-state index contributed by atoms with van der Waals surface area (Å²) in [6.07, 6.45) is 2.37. The number of halogens is 2. The van der Waals surface area contributed by atoms with Gasteiger partial charge in [0, 0.05) is 0 Å². The second-order valence-electron chi connectivity index (χ2n) is 5.41. The molecule has 2 unspecified atom stereocenters. The van der Waals surface area contributed by atoms with E-state index in [1.54, 1.807) is 0 Å². The number of benzene rings is 2. The van der Waals surface area contributed by atoms with Gasteiger partial charge < -0.3 is 5.32 Å². The van der Waals surface area contributed by atoms with Crippen LogP contribution in [0.4, 0.5) is 5.69 Å². The first-order chi connectivity index (χ1) is 9.66. The van der Waals surface area contributed by atoms with E-state index in [0.29, 0.717) is 12.0 Å². The summed E-state index contributed by atoms with van der Waals surface area (Å²) in [5, 5.41) is 4.38. The highest BCUT2D eigenvalue weighted by atomic mass is 79.9. The molecule has 0 spiro atoms. The number of fused-ring (bicyclic) bond motifs is 1. The second kappa shape index (κ2) is 5.79. The Labute approximate surface area is 133 Å². The molecule has 3 rings (SSSR count). The summed E-state index contributed by atoms with van der Waals surface area (Å²) in [5.41, 5.74) is 3.94. The fraction of sp³-hybridized carbons (Fsp3) is 0.294. The van der Waals surface area contributed by atoms with Gasteiger partial charge in [-0.25, -0.2) is 0 Å². The van der Waals surface area contributed by atoms with Gasteiger partial charge in [-0.1, -0.05) is 48.9 Å². The molecule has 104 valence electrons. The normalized spacial score (nSPS) is 21.4. The topological polar surface area (TPSA) is 12.0 Å². The zero-order chi connectivity index (χ0) is 14.1. The van der Waals surface area contributed by atoms with Gasteiger partial charge in [0.1, 0.15) is 0 Å². The van der Waals surface area contributed by atoms with Crippen LogP contribution in [0.15, 0.2) is 46.9 Å². The Bertz CT molecular complexity index is 626. The molecule has 1 aliphatic rings. The number of rotatable bonds is 2. The highest BCUT2D eigenvalue weighted by molar-refractivity contribution is 9.10. The average Bonchev–Trinajstić information content (AvgIpc) is 2.47. The molecule has 2 aromatic carbocycles. The molecular weight excluding hydrogens is 334 g/mol. The van der Waals surface area contributed by atoms with Gasteiger partial charge in [0.2, 0.25) is 0 Å². The van der Waals surface area contributed by atoms with E-state index in [0.717, 1.165) is 21.6 Å². The molecule has 0 saturated heterocycles. The fourth-order valence-corrected chi connectivity index (χ4v) is 3.51. The molecule has 3 heteroatoms. The first-order valence-electron chi connectivity index (χ1n) is 6.96. The van der Waals surface area contributed by atoms with E-state index in [-0.39, 0.29) is 0 Å². The zero-order valence-corrected chi connectivity index (χ0v) is 13.7. The van der Waals surface area contributed by atoms with Gasteiger partial charge in [0.05, 0.1) is 21.2 Å². The molecule has 0 heterocycles. The maximum atomic E-state index is 6.17. The van der Waals surface area contributed by atoms with Crippen LogP contribution in [-0.4, -0.2) is 0 Å². The Balaban J connectivity index is 1.93. The van der Waals surface area contributed by atoms with Crippen molar-refractivity contribution in [3.63, 3.8) is 0 Å². The summed E-state index contributed by atoms with van der Waals surface area (Å²) in [4.78, 5) is 0. The first-order valence-corrected chi connectivity index (χ1v) is 8.13. The minimum absolute atomic E-state index is 0.358. The lowest BCUT2D eigenvalue weighted by molar-refractivity contribution is 0.534. The van der Waals surface area contributed by atoms with Gasteiger partial charge >= 0.3 is 0 Å². The quantitative estimate of drug-likeness (QED) is 0.684. The minimum atomic E-state index is 0.358. The van der Waals surface area contributed by atoms with E-state index >= 15 is 0 Å². The SMILES string of the molecule is CC1CCC(Nc2cccc(Cl)c2Br)c2ccccc21. The van der Waals surface area contributed by atoms with Crippen molar-refractivity contribution in [3.05, 3.63) is 63.1 Å². The van der Waals surface area contributed by atoms with E-state index in [4.69, 9.17) is 11.6 Å². The van der Waals surface area contributed by atoms with Crippen molar-refractivity contribution in [1.29, 1.82) is 0 Å². The predicted octanol–water partition coefficient (Wildman–Crippen LogP) is 6.15. The van der Waals surface area contributed by atoms with Crippen molar-refractivity contribution >= 4 is 33.2 Å². The highest BCUT2D eigenvalue weighted by Gasteiger charge is 2.24. The third-order valence-electron chi connectivity index (χ3n) is 4.07. The lowest BCUT2D eigenvalue weighted by Crippen LogP contribution is -2.19. The second-order valence-corrected chi connectivity index (χ2v) is 6.61. The van der Waals surface area contributed by atoms with Crippen molar-refractivity contribution in [2.75, 3.05) is 5.32 Å². The van der Waals surface area contributed by atoms with Crippen LogP contribution < -0.4 is 5.32 Å². The Hall–Kier alpha value is -0.990. The highest BCUT2D eigenvalue weighted by Crippen LogP contribution is 2.40. The van der Waals surface area contributed by atoms with Gasteiger partial charge in [0.15, 0.2) is 0 Å². The maximum Gasteiger partial charge on any atom is 0.0593 e. The fourth-order valence-electron chi connectivity index (χ4n) is 2.96. The van der Waals surface area contributed by atoms with E-state index in [1.807, 2.05) is 12.1 Å². The van der Waals surface area contributed by atoms with Crippen molar-refractivity contribution in [2.24, 2.45) is 0 Å². The molecular formula is C17H17BrClN. The number of hydrogen-bond acceptors (Lipinski definition) is 1. The summed E-state index contributed by atoms with van der Waals surface area (Å²) in [6.45, 7) is 2.31. The van der Waals surface area contributed by atoms with Crippen LogP contribution in [0.25, 0.3) is 0 Å². The van der Waals surface area contributed by atoms with Gasteiger partial charge in [-0.2, -0.15) is 0 Å². The number of nitrogens with one attached hydrogen (secondary N) is 1. The predicted molar refractivity (Wildman–Crippen MR) is 89.6 cm³/mol. The molecule has 0 bridgehead atoms. The molecule has 0 aromatic heterocycles. The van der Waals surface area contributed by atoms with Crippen LogP contribution in [0.1, 0.15) is 42.9 Å². The molecule has 2 atom stereocenters. The Kier molecular flexibility index (Phi) is 4.04. The van der Waals surface area contributed by atoms with Crippen molar-refractivity contribution in [1.82, 2.24) is 0 Å². The Morgan fingerprint density at radius 2 is 1.80 bits per heavy atom. The van der Waals surface area contributed by atoms with Crippen molar-refractivity contribution in [2.45, 2.75) is 31.7 Å². The van der Waals surface area contributed by atoms with E-state index in [2.05, 4.69) is 58.5 Å². The van der Waals surface area contributed by atoms with Crippen LogP contribution in [0.5, 0.6) is 0 Å². The summed E-state index contributed by atoms with van der Waals surface area (Å²) >= 11 is 9.73. The zero-order valence-electron chi connectivity index (χ0n) is 11.4. The Morgan fingerprint density at radius 1 is 1.05 bits per heavy atom. The first kappa shape index (κ1) is 14.0. The monoisotopic (exact) mass is 349 g/mol. The lowest BCUT2D eigenvalue weighted by Gasteiger charge is -2.31. The average molecular weight is 351 g/mol. The standard InChI is InChI=1S/C17H17BrClN/c1-11-9-10-15(13-6-3-2-5-12(11)13)20-16-8-4-7-14(19)17(16)18/h2-8,11,15,20H,9-10H2,1H3. The van der Waals surface area contributed by atoms with Gasteiger partial charge in [-0.05, 0) is 57.9 Å². The molecule has 0 radical (unpaired) electrons. The maximum absolute atomic E-state index is 6.17. The summed E-state index contributed by atoms with van der Waals surface area (Å²) in [5.74, 6) is 0.645. The third kappa shape index (κ3) is 2.59. The van der Waals surface area contributed by atoms with Crippen molar-refractivity contribution < 1.29 is 0 Å². The lowest BCUT2D eigenvalue weighted by atomic mass is 9.81.